The molecule has 0 bridgehead atoms. The maximum absolute atomic E-state index is 12.3. The van der Waals surface area contributed by atoms with Gasteiger partial charge in [0, 0.05) is 5.56 Å². The van der Waals surface area contributed by atoms with Gasteiger partial charge in [-0.05, 0) is 34.9 Å². The maximum atomic E-state index is 12.3. The number of hydrogen-bond acceptors (Lipinski definition) is 3. The Hall–Kier alpha value is -3.85. The third kappa shape index (κ3) is 4.71. The quantitative estimate of drug-likeness (QED) is 0.304. The zero-order valence-electron chi connectivity index (χ0n) is 15.8. The number of carbonyl (C=O) groups excluding carboxylic acids is 1. The van der Waals surface area contributed by atoms with E-state index in [0.29, 0.717) is 11.5 Å². The van der Waals surface area contributed by atoms with E-state index in [1.54, 1.807) is 6.07 Å². The number of benzene rings is 4. The molecule has 0 atom stereocenters. The molecule has 0 N–H and O–H groups in total. The van der Waals surface area contributed by atoms with Gasteiger partial charge in [0.25, 0.3) is 0 Å². The minimum absolute atomic E-state index is 0.159. The van der Waals surface area contributed by atoms with Gasteiger partial charge >= 0.3 is 5.97 Å². The Kier molecular flexibility index (Phi) is 5.68. The molecule has 0 fully saturated rings. The molecule has 0 amide bonds. The summed E-state index contributed by atoms with van der Waals surface area (Å²) in [5.74, 6) is 0.699. The van der Waals surface area contributed by atoms with Crippen molar-refractivity contribution in [3.05, 3.63) is 109 Å². The fraction of sp³-hybridized carbons (Fsp3) is 0.0385. The van der Waals surface area contributed by atoms with Crippen molar-refractivity contribution in [1.29, 1.82) is 0 Å². The average molecular weight is 380 g/mol. The van der Waals surface area contributed by atoms with Gasteiger partial charge in [0.2, 0.25) is 0 Å². The third-order valence-corrected chi connectivity index (χ3v) is 4.51. The Morgan fingerprint density at radius 2 is 1.14 bits per heavy atom. The third-order valence-electron chi connectivity index (χ3n) is 4.51. The van der Waals surface area contributed by atoms with E-state index in [9.17, 15) is 4.79 Å². The van der Waals surface area contributed by atoms with Gasteiger partial charge in [-0.15, -0.1) is 0 Å². The van der Waals surface area contributed by atoms with Crippen LogP contribution in [0.5, 0.6) is 11.5 Å². The fourth-order valence-corrected chi connectivity index (χ4v) is 3.08. The van der Waals surface area contributed by atoms with Crippen LogP contribution in [-0.4, -0.2) is 12.6 Å². The van der Waals surface area contributed by atoms with Crippen LogP contribution in [-0.2, 0) is 4.79 Å². The van der Waals surface area contributed by atoms with Gasteiger partial charge < -0.3 is 9.47 Å². The molecule has 29 heavy (non-hydrogen) atoms. The molecule has 0 saturated carbocycles. The molecule has 0 aromatic heterocycles. The van der Waals surface area contributed by atoms with Crippen molar-refractivity contribution in [3.63, 3.8) is 0 Å². The van der Waals surface area contributed by atoms with Crippen LogP contribution in [0.1, 0.15) is 0 Å². The lowest BCUT2D eigenvalue weighted by Gasteiger charge is -2.11. The summed E-state index contributed by atoms with van der Waals surface area (Å²) < 4.78 is 11.2. The first-order chi connectivity index (χ1) is 14.3. The molecule has 0 spiro atoms. The second kappa shape index (κ2) is 8.89. The zero-order chi connectivity index (χ0) is 19.9. The molecule has 4 rings (SSSR count). The summed E-state index contributed by atoms with van der Waals surface area (Å²) in [5, 5.41) is 0. The molecule has 0 aliphatic heterocycles. The molecule has 0 heterocycles. The van der Waals surface area contributed by atoms with Gasteiger partial charge in [0.05, 0.1) is 0 Å². The van der Waals surface area contributed by atoms with Gasteiger partial charge in [0.15, 0.2) is 6.61 Å². The Morgan fingerprint density at radius 1 is 0.586 bits per heavy atom. The number of hydrogen-bond donors (Lipinski definition) is 0. The number of esters is 1. The van der Waals surface area contributed by atoms with E-state index in [-0.39, 0.29) is 6.61 Å². The molecule has 0 radical (unpaired) electrons. The van der Waals surface area contributed by atoms with E-state index < -0.39 is 5.97 Å². The zero-order valence-corrected chi connectivity index (χ0v) is 15.8. The Bertz CT molecular complexity index is 1070. The van der Waals surface area contributed by atoms with Crippen molar-refractivity contribution in [3.8, 4) is 33.8 Å². The van der Waals surface area contributed by atoms with Crippen molar-refractivity contribution >= 4 is 5.97 Å². The molecule has 0 saturated heterocycles. The summed E-state index contributed by atoms with van der Waals surface area (Å²) in [7, 11) is 0. The molecule has 142 valence electrons. The Balaban J connectivity index is 1.39. The van der Waals surface area contributed by atoms with E-state index >= 15 is 0 Å². The maximum Gasteiger partial charge on any atom is 0.349 e. The van der Waals surface area contributed by atoms with Gasteiger partial charge in [-0.25, -0.2) is 4.79 Å². The summed E-state index contributed by atoms with van der Waals surface area (Å²) in [4.78, 5) is 12.3. The lowest BCUT2D eigenvalue weighted by molar-refractivity contribution is -0.136. The highest BCUT2D eigenvalue weighted by Crippen LogP contribution is 2.29. The van der Waals surface area contributed by atoms with Crippen molar-refractivity contribution in [2.24, 2.45) is 0 Å². The van der Waals surface area contributed by atoms with Crippen LogP contribution < -0.4 is 9.47 Å². The summed E-state index contributed by atoms with van der Waals surface area (Å²) in [6, 6.07) is 35.1. The summed E-state index contributed by atoms with van der Waals surface area (Å²) in [6.07, 6.45) is 0. The highest BCUT2D eigenvalue weighted by Gasteiger charge is 2.11. The standard InChI is InChI=1S/C26H20O3/c27-26(29-25-14-8-7-13-24(25)22-11-5-2-6-12-22)19-28-23-17-15-21(16-18-23)20-9-3-1-4-10-20/h1-18H,19H2. The topological polar surface area (TPSA) is 35.5 Å². The monoisotopic (exact) mass is 380 g/mol. The van der Waals surface area contributed by atoms with Crippen LogP contribution in [0, 0.1) is 0 Å². The molecule has 0 aliphatic carbocycles. The summed E-state index contributed by atoms with van der Waals surface area (Å²) >= 11 is 0. The largest absolute Gasteiger partial charge is 0.482 e. The van der Waals surface area contributed by atoms with Crippen LogP contribution in [0.2, 0.25) is 0 Å². The van der Waals surface area contributed by atoms with Crippen molar-refractivity contribution in [2.75, 3.05) is 6.61 Å². The summed E-state index contributed by atoms with van der Waals surface area (Å²) in [5.41, 5.74) is 4.09. The molecular formula is C26H20O3. The van der Waals surface area contributed by atoms with Gasteiger partial charge in [-0.2, -0.15) is 0 Å². The van der Waals surface area contributed by atoms with Crippen LogP contribution >= 0.6 is 0 Å². The molecule has 3 nitrogen and oxygen atoms in total. The first-order valence-corrected chi connectivity index (χ1v) is 9.43. The summed E-state index contributed by atoms with van der Waals surface area (Å²) in [6.45, 7) is -0.159. The van der Waals surface area contributed by atoms with Crippen LogP contribution in [0.25, 0.3) is 22.3 Å². The smallest absolute Gasteiger partial charge is 0.349 e. The number of para-hydroxylation sites is 1. The van der Waals surface area contributed by atoms with Gasteiger partial charge in [-0.3, -0.25) is 0 Å². The van der Waals surface area contributed by atoms with Crippen LogP contribution in [0.15, 0.2) is 109 Å². The lowest BCUT2D eigenvalue weighted by Crippen LogP contribution is -2.18. The molecule has 0 unspecified atom stereocenters. The molecular weight excluding hydrogens is 360 g/mol. The van der Waals surface area contributed by atoms with E-state index in [1.807, 2.05) is 91.0 Å². The van der Waals surface area contributed by atoms with E-state index in [4.69, 9.17) is 9.47 Å². The molecule has 4 aromatic carbocycles. The first kappa shape index (κ1) is 18.5. The highest BCUT2D eigenvalue weighted by molar-refractivity contribution is 5.79. The van der Waals surface area contributed by atoms with Crippen LogP contribution in [0.4, 0.5) is 0 Å². The SMILES string of the molecule is O=C(COc1ccc(-c2ccccc2)cc1)Oc1ccccc1-c1ccccc1. The lowest BCUT2D eigenvalue weighted by atomic mass is 10.1. The van der Waals surface area contributed by atoms with E-state index in [1.165, 1.54) is 0 Å². The van der Waals surface area contributed by atoms with Crippen molar-refractivity contribution in [2.45, 2.75) is 0 Å². The number of ether oxygens (including phenoxy) is 2. The normalized spacial score (nSPS) is 10.3. The van der Waals surface area contributed by atoms with Crippen molar-refractivity contribution in [1.82, 2.24) is 0 Å². The first-order valence-electron chi connectivity index (χ1n) is 9.43. The molecule has 0 aliphatic rings. The second-order valence-electron chi connectivity index (χ2n) is 6.52. The Labute approximate surface area is 170 Å². The molecule has 3 heteroatoms. The highest BCUT2D eigenvalue weighted by atomic mass is 16.6. The van der Waals surface area contributed by atoms with Gasteiger partial charge in [-0.1, -0.05) is 91.0 Å². The van der Waals surface area contributed by atoms with Crippen LogP contribution in [0.3, 0.4) is 0 Å². The van der Waals surface area contributed by atoms with Crippen molar-refractivity contribution < 1.29 is 14.3 Å². The number of rotatable bonds is 6. The Morgan fingerprint density at radius 3 is 1.83 bits per heavy atom. The van der Waals surface area contributed by atoms with E-state index in [2.05, 4.69) is 12.1 Å². The molecule has 4 aromatic rings. The number of carbonyl (C=O) groups is 1. The predicted octanol–water partition coefficient (Wildman–Crippen LogP) is 6.01. The fourth-order valence-electron chi connectivity index (χ4n) is 3.08. The van der Waals surface area contributed by atoms with Gasteiger partial charge in [0.1, 0.15) is 11.5 Å². The minimum atomic E-state index is -0.444. The average Bonchev–Trinajstić information content (AvgIpc) is 2.80. The predicted molar refractivity (Wildman–Crippen MR) is 115 cm³/mol. The van der Waals surface area contributed by atoms with E-state index in [0.717, 1.165) is 22.3 Å². The minimum Gasteiger partial charge on any atom is -0.482 e. The second-order valence-corrected chi connectivity index (χ2v) is 6.52.